The number of hydrogen-bond acceptors (Lipinski definition) is 1. The molecule has 1 aromatic heterocycles. The summed E-state index contributed by atoms with van der Waals surface area (Å²) in [5.74, 6) is 0. The van der Waals surface area contributed by atoms with Crippen LogP contribution in [-0.2, 0) is 0 Å². The Labute approximate surface area is 292 Å². The van der Waals surface area contributed by atoms with Gasteiger partial charge < -0.3 is 9.47 Å². The van der Waals surface area contributed by atoms with Gasteiger partial charge >= 0.3 is 0 Å². The fraction of sp³-hybridized carbons (Fsp3) is 0. The summed E-state index contributed by atoms with van der Waals surface area (Å²) in [6.45, 7) is 4.59. The quantitative estimate of drug-likeness (QED) is 0.182. The van der Waals surface area contributed by atoms with E-state index in [0.29, 0.717) is 0 Å². The average Bonchev–Trinajstić information content (AvgIpc) is 3.51. The highest BCUT2D eigenvalue weighted by Gasteiger charge is 2.19. The lowest BCUT2D eigenvalue weighted by atomic mass is 9.93. The Balaban J connectivity index is 1.19. The third-order valence-corrected chi connectivity index (χ3v) is 9.71. The van der Waals surface area contributed by atoms with Gasteiger partial charge in [0.25, 0.3) is 0 Å². The van der Waals surface area contributed by atoms with E-state index >= 15 is 0 Å². The molecular weight excluding hydrogens is 605 g/mol. The van der Waals surface area contributed by atoms with Gasteiger partial charge in [-0.25, -0.2) is 0 Å². The minimum atomic E-state index is 0.973. The molecule has 0 aliphatic carbocycles. The number of rotatable bonds is 5. The first-order chi connectivity index (χ1) is 24.7. The standard InChI is InChI=1S/C48H34N2/c1-34-31-38(37-25-28-48-45(32-37)43-22-12-14-24-47(43)50(48)39-19-9-4-10-20-39)29-30-49(46-23-13-11-21-41(34)46)40-26-27-42(35-15-5-2-6-16-35)44(33-40)36-17-7-3-8-18-36/h2-33H,1H2/b30-29-,38-31+. The molecule has 0 fully saturated rings. The van der Waals surface area contributed by atoms with Gasteiger partial charge in [-0.15, -0.1) is 0 Å². The summed E-state index contributed by atoms with van der Waals surface area (Å²) in [6.07, 6.45) is 6.66. The highest BCUT2D eigenvalue weighted by molar-refractivity contribution is 6.10. The summed E-state index contributed by atoms with van der Waals surface area (Å²) in [6, 6.07) is 62.8. The SMILES string of the molecule is C=C1/C=C(c2ccc3c(c2)c2ccccc2n3-c2ccccc2)\C=C/N(c2ccc(-c3ccccc3)c(-c3ccccc3)c2)c2ccccc21. The van der Waals surface area contributed by atoms with E-state index in [4.69, 9.17) is 0 Å². The molecule has 9 rings (SSSR count). The Bertz CT molecular complexity index is 2590. The van der Waals surface area contributed by atoms with Crippen molar-refractivity contribution in [1.29, 1.82) is 0 Å². The first-order valence-electron chi connectivity index (χ1n) is 17.0. The lowest BCUT2D eigenvalue weighted by Crippen LogP contribution is -2.12. The van der Waals surface area contributed by atoms with Crippen LogP contribution in [0.25, 0.3) is 60.9 Å². The van der Waals surface area contributed by atoms with Crippen LogP contribution < -0.4 is 4.90 Å². The molecule has 1 aliphatic rings. The highest BCUT2D eigenvalue weighted by Crippen LogP contribution is 2.41. The lowest BCUT2D eigenvalue weighted by Gasteiger charge is -2.27. The molecule has 236 valence electrons. The first-order valence-corrected chi connectivity index (χ1v) is 17.0. The zero-order valence-corrected chi connectivity index (χ0v) is 27.6. The summed E-state index contributed by atoms with van der Waals surface area (Å²) in [5.41, 5.74) is 14.8. The van der Waals surface area contributed by atoms with Crippen molar-refractivity contribution < 1.29 is 0 Å². The number of nitrogens with zero attached hydrogens (tertiary/aromatic N) is 2. The van der Waals surface area contributed by atoms with Gasteiger partial charge in [-0.3, -0.25) is 0 Å². The van der Waals surface area contributed by atoms with Gasteiger partial charge in [-0.1, -0.05) is 134 Å². The summed E-state index contributed by atoms with van der Waals surface area (Å²) in [5, 5.41) is 2.46. The fourth-order valence-electron chi connectivity index (χ4n) is 7.32. The minimum Gasteiger partial charge on any atom is -0.317 e. The van der Waals surface area contributed by atoms with Crippen molar-refractivity contribution in [3.05, 3.63) is 212 Å². The lowest BCUT2D eigenvalue weighted by molar-refractivity contribution is 1.18. The van der Waals surface area contributed by atoms with Gasteiger partial charge in [-0.05, 0) is 99.6 Å². The number of allylic oxidation sites excluding steroid dienone is 4. The third-order valence-electron chi connectivity index (χ3n) is 9.71. The van der Waals surface area contributed by atoms with E-state index < -0.39 is 0 Å². The molecule has 0 unspecified atom stereocenters. The van der Waals surface area contributed by atoms with Crippen LogP contribution >= 0.6 is 0 Å². The fourth-order valence-corrected chi connectivity index (χ4v) is 7.32. The Hall–Kier alpha value is -6.64. The molecule has 0 saturated heterocycles. The van der Waals surface area contributed by atoms with Crippen molar-refractivity contribution in [2.45, 2.75) is 0 Å². The normalized spacial score (nSPS) is 14.5. The van der Waals surface area contributed by atoms with Gasteiger partial charge in [0, 0.05) is 33.9 Å². The van der Waals surface area contributed by atoms with Gasteiger partial charge in [0.2, 0.25) is 0 Å². The molecule has 8 aromatic rings. The van der Waals surface area contributed by atoms with Crippen LogP contribution in [-0.4, -0.2) is 4.57 Å². The molecule has 1 aliphatic heterocycles. The van der Waals surface area contributed by atoms with Crippen LogP contribution in [0, 0.1) is 0 Å². The van der Waals surface area contributed by atoms with Crippen molar-refractivity contribution in [1.82, 2.24) is 4.57 Å². The van der Waals surface area contributed by atoms with Crippen LogP contribution in [0.4, 0.5) is 11.4 Å². The van der Waals surface area contributed by atoms with Crippen LogP contribution in [0.15, 0.2) is 201 Å². The van der Waals surface area contributed by atoms with E-state index in [0.717, 1.165) is 39.3 Å². The predicted molar refractivity (Wildman–Crippen MR) is 213 cm³/mol. The Morgan fingerprint density at radius 2 is 1.06 bits per heavy atom. The highest BCUT2D eigenvalue weighted by atomic mass is 15.1. The molecular formula is C48H34N2. The zero-order valence-electron chi connectivity index (χ0n) is 27.6. The monoisotopic (exact) mass is 638 g/mol. The topological polar surface area (TPSA) is 8.17 Å². The number of hydrogen-bond donors (Lipinski definition) is 0. The molecule has 0 N–H and O–H groups in total. The molecule has 0 atom stereocenters. The number of aromatic nitrogens is 1. The maximum absolute atomic E-state index is 4.59. The molecule has 7 aromatic carbocycles. The average molecular weight is 639 g/mol. The van der Waals surface area contributed by atoms with Crippen molar-refractivity contribution in [3.63, 3.8) is 0 Å². The van der Waals surface area contributed by atoms with Crippen molar-refractivity contribution in [3.8, 4) is 27.9 Å². The Morgan fingerprint density at radius 1 is 0.420 bits per heavy atom. The van der Waals surface area contributed by atoms with Crippen LogP contribution in [0.3, 0.4) is 0 Å². The Kier molecular flexibility index (Phi) is 7.33. The summed E-state index contributed by atoms with van der Waals surface area (Å²) < 4.78 is 2.36. The molecule has 2 nitrogen and oxygen atoms in total. The summed E-state index contributed by atoms with van der Waals surface area (Å²) >= 11 is 0. The zero-order chi connectivity index (χ0) is 33.4. The first kappa shape index (κ1) is 29.5. The van der Waals surface area contributed by atoms with E-state index in [2.05, 4.69) is 210 Å². The van der Waals surface area contributed by atoms with Crippen LogP contribution in [0.2, 0.25) is 0 Å². The van der Waals surface area contributed by atoms with Crippen molar-refractivity contribution in [2.24, 2.45) is 0 Å². The smallest absolute Gasteiger partial charge is 0.0541 e. The maximum atomic E-state index is 4.59. The predicted octanol–water partition coefficient (Wildman–Crippen LogP) is 12.9. The van der Waals surface area contributed by atoms with E-state index in [1.165, 1.54) is 44.1 Å². The minimum absolute atomic E-state index is 0.973. The molecule has 0 saturated carbocycles. The van der Waals surface area contributed by atoms with Gasteiger partial charge in [-0.2, -0.15) is 0 Å². The van der Waals surface area contributed by atoms with E-state index in [9.17, 15) is 0 Å². The number of benzene rings is 7. The second-order valence-electron chi connectivity index (χ2n) is 12.7. The van der Waals surface area contributed by atoms with Gasteiger partial charge in [0.15, 0.2) is 0 Å². The second kappa shape index (κ2) is 12.4. The van der Waals surface area contributed by atoms with Gasteiger partial charge in [0.1, 0.15) is 0 Å². The number of para-hydroxylation sites is 3. The summed E-state index contributed by atoms with van der Waals surface area (Å²) in [7, 11) is 0. The van der Waals surface area contributed by atoms with Crippen molar-refractivity contribution >= 4 is 44.3 Å². The van der Waals surface area contributed by atoms with Crippen LogP contribution in [0.5, 0.6) is 0 Å². The maximum Gasteiger partial charge on any atom is 0.0541 e. The molecule has 0 amide bonds. The Morgan fingerprint density at radius 3 is 1.84 bits per heavy atom. The van der Waals surface area contributed by atoms with Gasteiger partial charge in [0.05, 0.1) is 16.7 Å². The van der Waals surface area contributed by atoms with E-state index in [1.807, 2.05) is 0 Å². The van der Waals surface area contributed by atoms with Crippen LogP contribution in [0.1, 0.15) is 11.1 Å². The number of fused-ring (bicyclic) bond motifs is 4. The molecule has 2 heteroatoms. The molecule has 0 spiro atoms. The largest absolute Gasteiger partial charge is 0.317 e. The molecule has 2 heterocycles. The van der Waals surface area contributed by atoms with E-state index in [1.54, 1.807) is 0 Å². The number of anilines is 2. The summed E-state index contributed by atoms with van der Waals surface area (Å²) in [4.78, 5) is 2.30. The molecule has 50 heavy (non-hydrogen) atoms. The molecule has 0 radical (unpaired) electrons. The third kappa shape index (κ3) is 5.15. The van der Waals surface area contributed by atoms with Crippen molar-refractivity contribution in [2.75, 3.05) is 4.90 Å². The van der Waals surface area contributed by atoms with E-state index in [-0.39, 0.29) is 0 Å². The second-order valence-corrected chi connectivity index (χ2v) is 12.7. The molecule has 0 bridgehead atoms.